The van der Waals surface area contributed by atoms with Gasteiger partial charge in [0.25, 0.3) is 0 Å². The van der Waals surface area contributed by atoms with Crippen LogP contribution >= 0.6 is 10.7 Å². The first kappa shape index (κ1) is 12.1. The Labute approximate surface area is 104 Å². The Bertz CT molecular complexity index is 525. The molecule has 0 fully saturated rings. The Morgan fingerprint density at radius 3 is 2.65 bits per heavy atom. The molecule has 0 aliphatic rings. The van der Waals surface area contributed by atoms with E-state index in [1.165, 1.54) is 5.56 Å². The number of aromatic nitrogens is 1. The molecule has 0 saturated heterocycles. The molecule has 0 spiro atoms. The predicted molar refractivity (Wildman–Crippen MR) is 74.7 cm³/mol. The molecule has 1 heterocycles. The number of rotatable bonds is 4. The van der Waals surface area contributed by atoms with E-state index in [0.717, 1.165) is 23.6 Å². The van der Waals surface area contributed by atoms with Crippen LogP contribution in [0.1, 0.15) is 13.8 Å². The number of benzene rings is 1. The predicted octanol–water partition coefficient (Wildman–Crippen LogP) is 2.91. The Balaban J connectivity index is 2.44. The van der Waals surface area contributed by atoms with Crippen LogP contribution in [-0.2, 0) is 0 Å². The van der Waals surface area contributed by atoms with Crippen LogP contribution in [0.2, 0.25) is 0 Å². The highest BCUT2D eigenvalue weighted by molar-refractivity contribution is 7.29. The summed E-state index contributed by atoms with van der Waals surface area (Å²) in [6.07, 6.45) is 0. The number of thiazole rings is 1. The van der Waals surface area contributed by atoms with Crippen molar-refractivity contribution in [2.24, 2.45) is 4.99 Å². The molecule has 2 aromatic rings. The van der Waals surface area contributed by atoms with Crippen molar-refractivity contribution in [3.63, 3.8) is 0 Å². The highest BCUT2D eigenvalue weighted by Gasteiger charge is 2.13. The standard InChI is InChI=1S/C13H18N3S/c1-3-14-13-16-12(10-17(13)15-4-2)11-8-6-5-7-9-11/h5-10,15H,3-4H2,1-2H3,(H,14,16)/q+1. The third-order valence-corrected chi connectivity index (χ3v) is 4.09. The van der Waals surface area contributed by atoms with Crippen LogP contribution in [0.4, 0.5) is 0 Å². The van der Waals surface area contributed by atoms with Gasteiger partial charge in [0, 0.05) is 18.7 Å². The number of nitrogens with one attached hydrogen (secondary N) is 2. The summed E-state index contributed by atoms with van der Waals surface area (Å²) in [5.74, 6) is 0. The summed E-state index contributed by atoms with van der Waals surface area (Å²) in [6, 6.07) is 10.4. The number of hydrogen-bond acceptors (Lipinski definition) is 2. The van der Waals surface area contributed by atoms with E-state index < -0.39 is 0 Å². The van der Waals surface area contributed by atoms with Gasteiger partial charge in [-0.15, -0.1) is 4.72 Å². The highest BCUT2D eigenvalue weighted by Crippen LogP contribution is 2.20. The van der Waals surface area contributed by atoms with Crippen LogP contribution < -0.4 is 9.52 Å². The van der Waals surface area contributed by atoms with E-state index in [-0.39, 0.29) is 10.7 Å². The summed E-state index contributed by atoms with van der Waals surface area (Å²) in [4.78, 5) is 8.96. The van der Waals surface area contributed by atoms with Crippen LogP contribution in [0.25, 0.3) is 11.3 Å². The molecule has 3 nitrogen and oxygen atoms in total. The van der Waals surface area contributed by atoms with E-state index >= 15 is 0 Å². The van der Waals surface area contributed by atoms with Crippen molar-refractivity contribution in [3.05, 3.63) is 40.5 Å². The molecule has 0 radical (unpaired) electrons. The van der Waals surface area contributed by atoms with Crippen LogP contribution in [-0.4, -0.2) is 18.1 Å². The first-order valence-corrected chi connectivity index (χ1v) is 7.19. The first-order chi connectivity index (χ1) is 8.35. The van der Waals surface area contributed by atoms with E-state index in [4.69, 9.17) is 0 Å². The maximum Gasteiger partial charge on any atom is 0.361 e. The zero-order valence-electron chi connectivity index (χ0n) is 10.2. The normalized spacial score (nSPS) is 13.1. The van der Waals surface area contributed by atoms with Crippen molar-refractivity contribution in [3.8, 4) is 11.3 Å². The van der Waals surface area contributed by atoms with Gasteiger partial charge in [-0.1, -0.05) is 30.3 Å². The fourth-order valence-corrected chi connectivity index (χ4v) is 3.21. The first-order valence-electron chi connectivity index (χ1n) is 5.90. The van der Waals surface area contributed by atoms with E-state index in [2.05, 4.69) is 58.2 Å². The molecule has 1 aromatic carbocycles. The lowest BCUT2D eigenvalue weighted by Crippen LogP contribution is -2.08. The lowest BCUT2D eigenvalue weighted by Gasteiger charge is -1.91. The summed E-state index contributed by atoms with van der Waals surface area (Å²) in [5, 5.41) is 2.23. The summed E-state index contributed by atoms with van der Waals surface area (Å²) >= 11 is 0. The van der Waals surface area contributed by atoms with Crippen LogP contribution in [0.3, 0.4) is 0 Å². The molecular formula is C13H18N3S+. The van der Waals surface area contributed by atoms with E-state index in [9.17, 15) is 0 Å². The molecule has 0 aliphatic carbocycles. The van der Waals surface area contributed by atoms with Gasteiger partial charge in [-0.05, 0) is 13.8 Å². The Morgan fingerprint density at radius 1 is 1.24 bits per heavy atom. The van der Waals surface area contributed by atoms with Gasteiger partial charge >= 0.3 is 4.80 Å². The van der Waals surface area contributed by atoms with Gasteiger partial charge in [0.2, 0.25) is 0 Å². The summed E-state index contributed by atoms with van der Waals surface area (Å²) in [6.45, 7) is 5.94. The van der Waals surface area contributed by atoms with E-state index in [1.807, 2.05) is 6.07 Å². The fraction of sp³-hybridized carbons (Fsp3) is 0.308. The largest absolute Gasteiger partial charge is 0.361 e. The minimum atomic E-state index is -0.0687. The SMILES string of the molecule is CCN=c1[nH]c(-c2ccccc2)c[s+]1NCC. The van der Waals surface area contributed by atoms with Gasteiger partial charge in [0.05, 0.1) is 0 Å². The molecule has 1 aromatic heterocycles. The van der Waals surface area contributed by atoms with Crippen LogP contribution in [0.5, 0.6) is 0 Å². The Morgan fingerprint density at radius 2 is 2.00 bits per heavy atom. The second-order valence-corrected chi connectivity index (χ2v) is 5.22. The van der Waals surface area contributed by atoms with Gasteiger partial charge < -0.3 is 0 Å². The van der Waals surface area contributed by atoms with Gasteiger partial charge in [0.1, 0.15) is 16.3 Å². The number of H-pyrrole nitrogens is 1. The average molecular weight is 248 g/mol. The van der Waals surface area contributed by atoms with Gasteiger partial charge in [-0.2, -0.15) is 0 Å². The molecule has 0 saturated carbocycles. The van der Waals surface area contributed by atoms with Crippen molar-refractivity contribution in [2.45, 2.75) is 13.8 Å². The Kier molecular flexibility index (Phi) is 4.12. The Hall–Kier alpha value is -1.39. The monoisotopic (exact) mass is 248 g/mol. The van der Waals surface area contributed by atoms with E-state index in [0.29, 0.717) is 0 Å². The maximum atomic E-state index is 4.50. The second kappa shape index (κ2) is 5.80. The van der Waals surface area contributed by atoms with Gasteiger partial charge in [0.15, 0.2) is 5.38 Å². The zero-order chi connectivity index (χ0) is 12.1. The minimum Gasteiger partial charge on any atom is -0.289 e. The third-order valence-electron chi connectivity index (χ3n) is 2.37. The number of hydrogen-bond donors (Lipinski definition) is 2. The molecule has 0 amide bonds. The summed E-state index contributed by atoms with van der Waals surface area (Å²) < 4.78 is 3.44. The molecule has 1 unspecified atom stereocenters. The smallest absolute Gasteiger partial charge is 0.289 e. The van der Waals surface area contributed by atoms with Crippen molar-refractivity contribution in [2.75, 3.05) is 17.8 Å². The lowest BCUT2D eigenvalue weighted by molar-refractivity contribution is 1.04. The van der Waals surface area contributed by atoms with Crippen LogP contribution in [0, 0.1) is 0 Å². The van der Waals surface area contributed by atoms with Gasteiger partial charge in [-0.3, -0.25) is 4.98 Å². The molecule has 17 heavy (non-hydrogen) atoms. The molecule has 1 atom stereocenters. The second-order valence-electron chi connectivity index (χ2n) is 3.64. The number of aromatic amines is 1. The molecular weight excluding hydrogens is 230 g/mol. The van der Waals surface area contributed by atoms with Gasteiger partial charge in [-0.25, -0.2) is 4.99 Å². The third kappa shape index (κ3) is 2.84. The summed E-state index contributed by atoms with van der Waals surface area (Å²) in [7, 11) is -0.0687. The quantitative estimate of drug-likeness (QED) is 0.802. The molecule has 4 heteroatoms. The van der Waals surface area contributed by atoms with Crippen molar-refractivity contribution in [1.29, 1.82) is 0 Å². The molecule has 2 rings (SSSR count). The average Bonchev–Trinajstić information content (AvgIpc) is 2.75. The van der Waals surface area contributed by atoms with Crippen molar-refractivity contribution >= 4 is 10.7 Å². The molecule has 2 N–H and O–H groups in total. The van der Waals surface area contributed by atoms with E-state index in [1.54, 1.807) is 0 Å². The molecule has 0 aliphatic heterocycles. The van der Waals surface area contributed by atoms with Crippen molar-refractivity contribution < 1.29 is 0 Å². The van der Waals surface area contributed by atoms with Crippen molar-refractivity contribution in [1.82, 2.24) is 4.98 Å². The zero-order valence-corrected chi connectivity index (χ0v) is 11.1. The highest BCUT2D eigenvalue weighted by atomic mass is 32.2. The maximum absolute atomic E-state index is 4.50. The molecule has 90 valence electrons. The number of nitrogens with zero attached hydrogens (tertiary/aromatic N) is 1. The van der Waals surface area contributed by atoms with Crippen LogP contribution in [0.15, 0.2) is 40.7 Å². The minimum absolute atomic E-state index is 0.0687. The molecule has 0 bridgehead atoms. The lowest BCUT2D eigenvalue weighted by atomic mass is 10.2. The topological polar surface area (TPSA) is 40.2 Å². The summed E-state index contributed by atoms with van der Waals surface area (Å²) in [5.41, 5.74) is 2.37. The fourth-order valence-electron chi connectivity index (χ4n) is 1.65.